The third-order valence-electron chi connectivity index (χ3n) is 9.13. The minimum atomic E-state index is -0.308. The Labute approximate surface area is 194 Å². The van der Waals surface area contributed by atoms with Crippen LogP contribution < -0.4 is 4.74 Å². The fourth-order valence-corrected chi connectivity index (χ4v) is 7.18. The minimum absolute atomic E-state index is 0.00614. The van der Waals surface area contributed by atoms with Crippen molar-refractivity contribution < 1.29 is 13.9 Å². The lowest BCUT2D eigenvalue weighted by Gasteiger charge is -2.46. The molecule has 178 valence electrons. The summed E-state index contributed by atoms with van der Waals surface area (Å²) in [6.07, 6.45) is 18.5. The zero-order valence-corrected chi connectivity index (χ0v) is 20.3. The van der Waals surface area contributed by atoms with Crippen LogP contribution in [0.15, 0.2) is 18.2 Å². The maximum absolute atomic E-state index is 13.9. The molecule has 4 atom stereocenters. The fourth-order valence-electron chi connectivity index (χ4n) is 7.18. The first kappa shape index (κ1) is 23.8. The van der Waals surface area contributed by atoms with E-state index in [1.807, 2.05) is 0 Å². The summed E-state index contributed by atoms with van der Waals surface area (Å²) in [7, 11) is 0. The van der Waals surface area contributed by atoms with Crippen LogP contribution in [0.1, 0.15) is 102 Å². The van der Waals surface area contributed by atoms with Crippen LogP contribution in [0, 0.1) is 48.2 Å². The lowest BCUT2D eigenvalue weighted by atomic mass is 9.59. The Morgan fingerprint density at radius 3 is 2.50 bits per heavy atom. The first-order valence-electron chi connectivity index (χ1n) is 13.5. The normalized spacial score (nSPS) is 32.8. The van der Waals surface area contributed by atoms with Crippen LogP contribution in [-0.2, 0) is 4.79 Å². The molecule has 4 rings (SSSR count). The SMILES string of the molecule is CCCCCC1CCC(C2CCC3C(CCCC3C(=O)Oc3ccc(C)c(F)c3)C2)CC1. The Morgan fingerprint density at radius 2 is 1.75 bits per heavy atom. The Hall–Kier alpha value is -1.38. The number of aryl methyl sites for hydroxylation is 1. The first-order valence-corrected chi connectivity index (χ1v) is 13.5. The topological polar surface area (TPSA) is 26.3 Å². The highest BCUT2D eigenvalue weighted by Crippen LogP contribution is 2.50. The second-order valence-corrected chi connectivity index (χ2v) is 11.1. The molecule has 0 aliphatic heterocycles. The van der Waals surface area contributed by atoms with Gasteiger partial charge in [0.25, 0.3) is 0 Å². The summed E-state index contributed by atoms with van der Waals surface area (Å²) < 4.78 is 19.5. The van der Waals surface area contributed by atoms with E-state index in [4.69, 9.17) is 4.74 Å². The second kappa shape index (κ2) is 11.2. The molecule has 4 unspecified atom stereocenters. The monoisotopic (exact) mass is 442 g/mol. The largest absolute Gasteiger partial charge is 0.426 e. The van der Waals surface area contributed by atoms with E-state index in [1.165, 1.54) is 83.1 Å². The average molecular weight is 443 g/mol. The summed E-state index contributed by atoms with van der Waals surface area (Å²) >= 11 is 0. The summed E-state index contributed by atoms with van der Waals surface area (Å²) in [5.41, 5.74) is 0.579. The van der Waals surface area contributed by atoms with Gasteiger partial charge in [-0.2, -0.15) is 0 Å². The number of fused-ring (bicyclic) bond motifs is 1. The molecule has 3 aliphatic carbocycles. The van der Waals surface area contributed by atoms with Crippen molar-refractivity contribution in [1.82, 2.24) is 0 Å². The van der Waals surface area contributed by atoms with E-state index in [2.05, 4.69) is 6.92 Å². The van der Waals surface area contributed by atoms with Crippen LogP contribution in [0.3, 0.4) is 0 Å². The molecule has 3 saturated carbocycles. The van der Waals surface area contributed by atoms with Crippen LogP contribution >= 0.6 is 0 Å². The van der Waals surface area contributed by atoms with Gasteiger partial charge in [0.2, 0.25) is 0 Å². The van der Waals surface area contributed by atoms with Crippen LogP contribution in [-0.4, -0.2) is 5.97 Å². The van der Waals surface area contributed by atoms with E-state index in [0.29, 0.717) is 23.1 Å². The lowest BCUT2D eigenvalue weighted by Crippen LogP contribution is -2.40. The standard InChI is InChI=1S/C29H43FO2/c1-3-4-5-7-21-11-13-22(14-12-21)23-15-17-26-24(18-23)8-6-9-27(26)29(31)32-25-16-10-20(2)28(30)19-25/h10,16,19,21-24,26-27H,3-9,11-15,17-18H2,1-2H3. The second-order valence-electron chi connectivity index (χ2n) is 11.1. The molecular weight excluding hydrogens is 399 g/mol. The zero-order chi connectivity index (χ0) is 22.5. The van der Waals surface area contributed by atoms with Crippen molar-refractivity contribution in [2.75, 3.05) is 0 Å². The predicted octanol–water partition coefficient (Wildman–Crippen LogP) is 8.26. The van der Waals surface area contributed by atoms with Crippen LogP contribution in [0.4, 0.5) is 4.39 Å². The van der Waals surface area contributed by atoms with Crippen molar-refractivity contribution in [2.45, 2.75) is 104 Å². The molecule has 0 saturated heterocycles. The van der Waals surface area contributed by atoms with Crippen molar-refractivity contribution in [3.8, 4) is 5.75 Å². The van der Waals surface area contributed by atoms with Gasteiger partial charge in [-0.15, -0.1) is 0 Å². The number of carbonyl (C=O) groups excluding carboxylic acids is 1. The molecule has 0 radical (unpaired) electrons. The van der Waals surface area contributed by atoms with E-state index in [9.17, 15) is 9.18 Å². The van der Waals surface area contributed by atoms with Crippen LogP contribution in [0.5, 0.6) is 5.75 Å². The maximum atomic E-state index is 13.9. The lowest BCUT2D eigenvalue weighted by molar-refractivity contribution is -0.144. The van der Waals surface area contributed by atoms with Gasteiger partial charge in [0.1, 0.15) is 11.6 Å². The number of carbonyl (C=O) groups is 1. The van der Waals surface area contributed by atoms with Crippen molar-refractivity contribution in [2.24, 2.45) is 35.5 Å². The van der Waals surface area contributed by atoms with Crippen LogP contribution in [0.25, 0.3) is 0 Å². The number of hydrogen-bond donors (Lipinski definition) is 0. The van der Waals surface area contributed by atoms with E-state index in [-0.39, 0.29) is 17.7 Å². The summed E-state index contributed by atoms with van der Waals surface area (Å²) in [5, 5.41) is 0. The molecule has 1 aromatic carbocycles. The summed E-state index contributed by atoms with van der Waals surface area (Å²) in [5.74, 6) is 3.82. The molecule has 3 aliphatic rings. The van der Waals surface area contributed by atoms with E-state index in [0.717, 1.165) is 30.6 Å². The van der Waals surface area contributed by atoms with Gasteiger partial charge in [0, 0.05) is 6.07 Å². The van der Waals surface area contributed by atoms with E-state index < -0.39 is 0 Å². The minimum Gasteiger partial charge on any atom is -0.426 e. The van der Waals surface area contributed by atoms with E-state index in [1.54, 1.807) is 19.1 Å². The molecule has 3 fully saturated rings. The molecule has 3 heteroatoms. The van der Waals surface area contributed by atoms with Gasteiger partial charge in [-0.3, -0.25) is 4.79 Å². The highest BCUT2D eigenvalue weighted by atomic mass is 19.1. The average Bonchev–Trinajstić information content (AvgIpc) is 2.81. The molecule has 0 N–H and O–H groups in total. The Balaban J connectivity index is 1.28. The molecule has 1 aromatic rings. The number of unbranched alkanes of at least 4 members (excludes halogenated alkanes) is 2. The summed E-state index contributed by atoms with van der Waals surface area (Å²) in [6.45, 7) is 4.02. The Bertz CT molecular complexity index is 752. The Kier molecular flexibility index (Phi) is 8.29. The van der Waals surface area contributed by atoms with Gasteiger partial charge >= 0.3 is 5.97 Å². The molecule has 0 bridgehead atoms. The van der Waals surface area contributed by atoms with Gasteiger partial charge < -0.3 is 4.74 Å². The molecule has 0 amide bonds. The highest BCUT2D eigenvalue weighted by molar-refractivity contribution is 5.75. The third kappa shape index (κ3) is 5.75. The van der Waals surface area contributed by atoms with Gasteiger partial charge in [0.15, 0.2) is 0 Å². The van der Waals surface area contributed by atoms with Crippen molar-refractivity contribution in [1.29, 1.82) is 0 Å². The number of ether oxygens (including phenoxy) is 1. The van der Waals surface area contributed by atoms with Crippen molar-refractivity contribution >= 4 is 5.97 Å². The quantitative estimate of drug-likeness (QED) is 0.241. The van der Waals surface area contributed by atoms with Gasteiger partial charge in [-0.05, 0) is 86.7 Å². The van der Waals surface area contributed by atoms with Gasteiger partial charge in [-0.25, -0.2) is 4.39 Å². The fraction of sp³-hybridized carbons (Fsp3) is 0.759. The number of esters is 1. The van der Waals surface area contributed by atoms with E-state index >= 15 is 0 Å². The first-order chi connectivity index (χ1) is 15.5. The number of hydrogen-bond acceptors (Lipinski definition) is 2. The highest BCUT2D eigenvalue weighted by Gasteiger charge is 2.43. The molecule has 0 aromatic heterocycles. The molecule has 0 heterocycles. The predicted molar refractivity (Wildman–Crippen MR) is 128 cm³/mol. The smallest absolute Gasteiger partial charge is 0.314 e. The van der Waals surface area contributed by atoms with Crippen molar-refractivity contribution in [3.05, 3.63) is 29.6 Å². The number of benzene rings is 1. The Morgan fingerprint density at radius 1 is 0.969 bits per heavy atom. The van der Waals surface area contributed by atoms with Crippen molar-refractivity contribution in [3.63, 3.8) is 0 Å². The zero-order valence-electron chi connectivity index (χ0n) is 20.3. The molecule has 32 heavy (non-hydrogen) atoms. The molecular formula is C29H43FO2. The summed E-state index contributed by atoms with van der Waals surface area (Å²) in [4.78, 5) is 13.0. The number of rotatable bonds is 7. The van der Waals surface area contributed by atoms with Gasteiger partial charge in [-0.1, -0.05) is 64.4 Å². The summed E-state index contributed by atoms with van der Waals surface area (Å²) in [6, 6.07) is 4.75. The third-order valence-corrected chi connectivity index (χ3v) is 9.13. The van der Waals surface area contributed by atoms with Crippen LogP contribution in [0.2, 0.25) is 0 Å². The molecule has 2 nitrogen and oxygen atoms in total. The molecule has 0 spiro atoms. The van der Waals surface area contributed by atoms with Gasteiger partial charge in [0.05, 0.1) is 5.92 Å². The maximum Gasteiger partial charge on any atom is 0.314 e. The number of halogens is 1.